The number of aromatic nitrogens is 1. The summed E-state index contributed by atoms with van der Waals surface area (Å²) in [6.45, 7) is 3.87. The van der Waals surface area contributed by atoms with Crippen LogP contribution in [0.3, 0.4) is 0 Å². The van der Waals surface area contributed by atoms with Gasteiger partial charge in [-0.05, 0) is 30.9 Å². The Bertz CT molecular complexity index is 581. The molecule has 106 valence electrons. The molecule has 0 fully saturated rings. The molecule has 1 aromatic carbocycles. The number of fused-ring (bicyclic) bond motifs is 1. The molecule has 3 rings (SSSR count). The minimum absolute atomic E-state index is 0.205. The summed E-state index contributed by atoms with van der Waals surface area (Å²) in [5.74, 6) is 0. The van der Waals surface area contributed by atoms with Crippen LogP contribution in [0.25, 0.3) is 0 Å². The average Bonchev–Trinajstić information content (AvgIpc) is 3.05. The lowest BCUT2D eigenvalue weighted by Crippen LogP contribution is -2.30. The molecule has 0 bridgehead atoms. The zero-order chi connectivity index (χ0) is 13.9. The second-order valence-corrected chi connectivity index (χ2v) is 6.25. The lowest BCUT2D eigenvalue weighted by atomic mass is 10.1. The highest BCUT2D eigenvalue weighted by atomic mass is 32.1. The first kappa shape index (κ1) is 13.7. The Morgan fingerprint density at radius 3 is 3.00 bits per heavy atom. The van der Waals surface area contributed by atoms with Crippen molar-refractivity contribution >= 4 is 11.3 Å². The van der Waals surface area contributed by atoms with E-state index < -0.39 is 0 Å². The van der Waals surface area contributed by atoms with Crippen molar-refractivity contribution in [1.82, 2.24) is 9.88 Å². The maximum absolute atomic E-state index is 9.39. The molecule has 0 saturated carbocycles. The van der Waals surface area contributed by atoms with Crippen molar-refractivity contribution < 1.29 is 5.11 Å². The van der Waals surface area contributed by atoms with Crippen LogP contribution < -0.4 is 0 Å². The Labute approximate surface area is 123 Å². The molecule has 3 nitrogen and oxygen atoms in total. The molecule has 0 radical (unpaired) electrons. The van der Waals surface area contributed by atoms with E-state index in [0.29, 0.717) is 6.04 Å². The van der Waals surface area contributed by atoms with E-state index in [2.05, 4.69) is 41.1 Å². The number of aliphatic hydroxyl groups excluding tert-OH is 1. The molecule has 1 aliphatic rings. The number of aliphatic hydroxyl groups is 1. The Hall–Kier alpha value is -1.23. The molecule has 0 aliphatic heterocycles. The Balaban J connectivity index is 1.83. The summed E-state index contributed by atoms with van der Waals surface area (Å²) >= 11 is 1.71. The van der Waals surface area contributed by atoms with Gasteiger partial charge in [-0.1, -0.05) is 24.3 Å². The van der Waals surface area contributed by atoms with Gasteiger partial charge in [0.25, 0.3) is 0 Å². The summed E-state index contributed by atoms with van der Waals surface area (Å²) in [6, 6.07) is 9.12. The van der Waals surface area contributed by atoms with Gasteiger partial charge < -0.3 is 5.11 Å². The lowest BCUT2D eigenvalue weighted by Gasteiger charge is -2.28. The number of rotatable bonds is 5. The predicted molar refractivity (Wildman–Crippen MR) is 81.9 cm³/mol. The van der Waals surface area contributed by atoms with Crippen molar-refractivity contribution in [2.75, 3.05) is 13.2 Å². The summed E-state index contributed by atoms with van der Waals surface area (Å²) < 4.78 is 0. The van der Waals surface area contributed by atoms with Crippen LogP contribution in [-0.4, -0.2) is 28.1 Å². The molecule has 2 aromatic rings. The van der Waals surface area contributed by atoms with Crippen LogP contribution in [0.4, 0.5) is 0 Å². The van der Waals surface area contributed by atoms with Gasteiger partial charge in [0.2, 0.25) is 0 Å². The second-order valence-electron chi connectivity index (χ2n) is 5.31. The first-order valence-corrected chi connectivity index (χ1v) is 7.99. The van der Waals surface area contributed by atoms with Crippen molar-refractivity contribution in [3.8, 4) is 0 Å². The zero-order valence-corrected chi connectivity index (χ0v) is 12.6. The van der Waals surface area contributed by atoms with Crippen LogP contribution in [0.1, 0.15) is 34.2 Å². The fraction of sp³-hybridized carbons (Fsp3) is 0.438. The summed E-state index contributed by atoms with van der Waals surface area (Å²) in [6.07, 6.45) is 2.29. The SMILES string of the molecule is Cc1ncsc1CN(CCO)[C@@H]1CCc2ccccc21. The molecule has 0 amide bonds. The zero-order valence-electron chi connectivity index (χ0n) is 11.7. The van der Waals surface area contributed by atoms with Crippen LogP contribution in [0.2, 0.25) is 0 Å². The van der Waals surface area contributed by atoms with Crippen molar-refractivity contribution in [3.63, 3.8) is 0 Å². The van der Waals surface area contributed by atoms with Gasteiger partial charge in [-0.15, -0.1) is 11.3 Å². The molecular formula is C16H20N2OS. The fourth-order valence-electron chi connectivity index (χ4n) is 3.05. The molecule has 4 heteroatoms. The van der Waals surface area contributed by atoms with E-state index in [9.17, 15) is 5.11 Å². The molecule has 1 atom stereocenters. The third-order valence-corrected chi connectivity index (χ3v) is 5.04. The predicted octanol–water partition coefficient (Wildman–Crippen LogP) is 2.93. The number of aryl methyl sites for hydroxylation is 2. The van der Waals surface area contributed by atoms with E-state index in [-0.39, 0.29) is 6.61 Å². The smallest absolute Gasteiger partial charge is 0.0798 e. The number of nitrogens with zero attached hydrogens (tertiary/aromatic N) is 2. The molecule has 1 aromatic heterocycles. The van der Waals surface area contributed by atoms with E-state index in [1.807, 2.05) is 5.51 Å². The Kier molecular flexibility index (Phi) is 4.15. The summed E-state index contributed by atoms with van der Waals surface area (Å²) in [7, 11) is 0. The van der Waals surface area contributed by atoms with Crippen molar-refractivity contribution in [2.45, 2.75) is 32.4 Å². The van der Waals surface area contributed by atoms with Gasteiger partial charge in [0.1, 0.15) is 0 Å². The van der Waals surface area contributed by atoms with Gasteiger partial charge in [-0.25, -0.2) is 4.98 Å². The highest BCUT2D eigenvalue weighted by Gasteiger charge is 2.27. The molecule has 0 unspecified atom stereocenters. The minimum Gasteiger partial charge on any atom is -0.395 e. The van der Waals surface area contributed by atoms with Gasteiger partial charge in [-0.2, -0.15) is 0 Å². The van der Waals surface area contributed by atoms with Gasteiger partial charge in [0, 0.05) is 24.0 Å². The maximum atomic E-state index is 9.39. The Morgan fingerprint density at radius 1 is 1.40 bits per heavy atom. The number of hydrogen-bond acceptors (Lipinski definition) is 4. The highest BCUT2D eigenvalue weighted by molar-refractivity contribution is 7.09. The monoisotopic (exact) mass is 288 g/mol. The largest absolute Gasteiger partial charge is 0.395 e. The van der Waals surface area contributed by atoms with Crippen molar-refractivity contribution in [3.05, 3.63) is 51.5 Å². The van der Waals surface area contributed by atoms with Crippen LogP contribution in [0.15, 0.2) is 29.8 Å². The van der Waals surface area contributed by atoms with Crippen molar-refractivity contribution in [1.29, 1.82) is 0 Å². The van der Waals surface area contributed by atoms with Gasteiger partial charge >= 0.3 is 0 Å². The first-order chi connectivity index (χ1) is 9.79. The summed E-state index contributed by atoms with van der Waals surface area (Å²) in [5, 5.41) is 9.39. The molecular weight excluding hydrogens is 268 g/mol. The normalized spacial score (nSPS) is 17.6. The second kappa shape index (κ2) is 6.04. The van der Waals surface area contributed by atoms with Crippen LogP contribution in [0, 0.1) is 6.92 Å². The molecule has 1 heterocycles. The van der Waals surface area contributed by atoms with Gasteiger partial charge in [-0.3, -0.25) is 4.90 Å². The van der Waals surface area contributed by atoms with E-state index in [1.165, 1.54) is 16.0 Å². The topological polar surface area (TPSA) is 36.4 Å². The number of benzene rings is 1. The van der Waals surface area contributed by atoms with Crippen LogP contribution in [-0.2, 0) is 13.0 Å². The van der Waals surface area contributed by atoms with Crippen LogP contribution >= 0.6 is 11.3 Å². The maximum Gasteiger partial charge on any atom is 0.0798 e. The Morgan fingerprint density at radius 2 is 2.25 bits per heavy atom. The first-order valence-electron chi connectivity index (χ1n) is 7.11. The van der Waals surface area contributed by atoms with Crippen LogP contribution in [0.5, 0.6) is 0 Å². The van der Waals surface area contributed by atoms with Gasteiger partial charge in [0.05, 0.1) is 17.8 Å². The minimum atomic E-state index is 0.205. The molecule has 1 aliphatic carbocycles. The molecule has 1 N–H and O–H groups in total. The van der Waals surface area contributed by atoms with E-state index >= 15 is 0 Å². The standard InChI is InChI=1S/C16H20N2OS/c1-12-16(20-11-17-12)10-18(8-9-19)15-7-6-13-4-2-3-5-14(13)15/h2-5,11,15,19H,6-10H2,1H3/t15-/m1/s1. The van der Waals surface area contributed by atoms with E-state index in [4.69, 9.17) is 0 Å². The fourth-order valence-corrected chi connectivity index (χ4v) is 3.85. The van der Waals surface area contributed by atoms with E-state index in [0.717, 1.165) is 31.6 Å². The van der Waals surface area contributed by atoms with Crippen molar-refractivity contribution in [2.24, 2.45) is 0 Å². The van der Waals surface area contributed by atoms with Gasteiger partial charge in [0.15, 0.2) is 0 Å². The average molecular weight is 288 g/mol. The quantitative estimate of drug-likeness (QED) is 0.919. The number of hydrogen-bond donors (Lipinski definition) is 1. The lowest BCUT2D eigenvalue weighted by molar-refractivity contribution is 0.143. The third-order valence-electron chi connectivity index (χ3n) is 4.12. The number of thiazole rings is 1. The highest BCUT2D eigenvalue weighted by Crippen LogP contribution is 2.36. The third kappa shape index (κ3) is 2.64. The van der Waals surface area contributed by atoms with E-state index in [1.54, 1.807) is 11.3 Å². The molecule has 20 heavy (non-hydrogen) atoms. The summed E-state index contributed by atoms with van der Waals surface area (Å²) in [4.78, 5) is 8.03. The molecule has 0 spiro atoms. The summed E-state index contributed by atoms with van der Waals surface area (Å²) in [5.41, 5.74) is 5.92. The molecule has 0 saturated heterocycles.